The van der Waals surface area contributed by atoms with E-state index >= 15 is 0 Å². The van der Waals surface area contributed by atoms with Gasteiger partial charge in [-0.2, -0.15) is 5.10 Å². The molecule has 1 N–H and O–H groups in total. The highest BCUT2D eigenvalue weighted by Crippen LogP contribution is 2.31. The van der Waals surface area contributed by atoms with Crippen molar-refractivity contribution in [1.29, 1.82) is 0 Å². The molecule has 0 atom stereocenters. The van der Waals surface area contributed by atoms with Crippen LogP contribution in [0.4, 0.5) is 0 Å². The topological polar surface area (TPSA) is 78.5 Å². The van der Waals surface area contributed by atoms with Gasteiger partial charge in [0.05, 0.1) is 18.4 Å². The second-order valence-electron chi connectivity index (χ2n) is 7.33. The minimum Gasteiger partial charge on any atom is -0.371 e. The maximum Gasteiger partial charge on any atom is 0.253 e. The Labute approximate surface area is 158 Å². The summed E-state index contributed by atoms with van der Waals surface area (Å²) in [5.74, 6) is 0.127. The van der Waals surface area contributed by atoms with Crippen molar-refractivity contribution in [2.75, 3.05) is 32.8 Å². The molecule has 2 aromatic rings. The van der Waals surface area contributed by atoms with Crippen LogP contribution in [-0.2, 0) is 9.53 Å². The molecule has 7 heteroatoms. The van der Waals surface area contributed by atoms with E-state index in [1.165, 1.54) is 0 Å². The van der Waals surface area contributed by atoms with Crippen LogP contribution in [0.5, 0.6) is 0 Å². The predicted octanol–water partition coefficient (Wildman–Crippen LogP) is 1.93. The number of ether oxygens (including phenoxy) is 1. The van der Waals surface area contributed by atoms with E-state index in [1.807, 2.05) is 40.3 Å². The van der Waals surface area contributed by atoms with E-state index in [-0.39, 0.29) is 17.4 Å². The summed E-state index contributed by atoms with van der Waals surface area (Å²) in [6.45, 7) is 4.73. The van der Waals surface area contributed by atoms with E-state index in [0.717, 1.165) is 24.0 Å². The maximum absolute atomic E-state index is 13.0. The summed E-state index contributed by atoms with van der Waals surface area (Å²) in [4.78, 5) is 28.4. The van der Waals surface area contributed by atoms with E-state index in [9.17, 15) is 9.59 Å². The largest absolute Gasteiger partial charge is 0.371 e. The number of nitrogens with one attached hydrogen (secondary N) is 1. The highest BCUT2D eigenvalue weighted by molar-refractivity contribution is 5.95. The summed E-state index contributed by atoms with van der Waals surface area (Å²) in [5.41, 5.74) is 2.30. The third-order valence-electron chi connectivity index (χ3n) is 5.60. The number of H-pyrrole nitrogens is 1. The maximum atomic E-state index is 13.0. The summed E-state index contributed by atoms with van der Waals surface area (Å²) in [6.07, 6.45) is 5.07. The van der Waals surface area contributed by atoms with Crippen LogP contribution in [0.1, 0.15) is 30.1 Å². The van der Waals surface area contributed by atoms with Crippen LogP contribution in [0, 0.1) is 0 Å². The Morgan fingerprint density at radius 1 is 1.15 bits per heavy atom. The molecule has 142 valence electrons. The van der Waals surface area contributed by atoms with Crippen molar-refractivity contribution in [3.8, 4) is 11.1 Å². The predicted molar refractivity (Wildman–Crippen MR) is 100 cm³/mol. The number of hydrogen-bond donors (Lipinski definition) is 1. The molecule has 0 radical (unpaired) electrons. The van der Waals surface area contributed by atoms with Crippen molar-refractivity contribution in [1.82, 2.24) is 20.0 Å². The van der Waals surface area contributed by atoms with Gasteiger partial charge in [-0.1, -0.05) is 12.1 Å². The van der Waals surface area contributed by atoms with Crippen molar-refractivity contribution < 1.29 is 14.3 Å². The molecule has 4 rings (SSSR count). The standard InChI is InChI=1S/C20H24N4O3/c1-15(25)24-9-10-27-20(14-24)5-7-23(8-6-20)19(26)17-4-2-3-16(11-17)18-12-21-22-13-18/h2-4,11-13H,5-10,14H2,1H3,(H,21,22). The quantitative estimate of drug-likeness (QED) is 0.879. The molecule has 2 saturated heterocycles. The molecular formula is C20H24N4O3. The first-order chi connectivity index (χ1) is 13.1. The lowest BCUT2D eigenvalue weighted by molar-refractivity contribution is -0.156. The Morgan fingerprint density at radius 2 is 1.96 bits per heavy atom. The van der Waals surface area contributed by atoms with Gasteiger partial charge in [0.15, 0.2) is 0 Å². The molecule has 2 fully saturated rings. The monoisotopic (exact) mass is 368 g/mol. The number of aromatic amines is 1. The lowest BCUT2D eigenvalue weighted by atomic mass is 9.89. The van der Waals surface area contributed by atoms with Crippen LogP contribution in [0.3, 0.4) is 0 Å². The molecule has 2 aliphatic rings. The summed E-state index contributed by atoms with van der Waals surface area (Å²) < 4.78 is 6.05. The fourth-order valence-electron chi connectivity index (χ4n) is 3.96. The minimum absolute atomic E-state index is 0.0365. The number of morpholine rings is 1. The van der Waals surface area contributed by atoms with E-state index in [0.29, 0.717) is 38.3 Å². The molecule has 1 aromatic heterocycles. The average Bonchev–Trinajstić information content (AvgIpc) is 3.23. The molecule has 0 aliphatic carbocycles. The Morgan fingerprint density at radius 3 is 2.67 bits per heavy atom. The summed E-state index contributed by atoms with van der Waals surface area (Å²) in [6, 6.07) is 7.63. The zero-order chi connectivity index (χ0) is 18.9. The number of hydrogen-bond acceptors (Lipinski definition) is 4. The number of likely N-dealkylation sites (tertiary alicyclic amines) is 1. The molecule has 0 saturated carbocycles. The van der Waals surface area contributed by atoms with Crippen LogP contribution >= 0.6 is 0 Å². The Hall–Kier alpha value is -2.67. The van der Waals surface area contributed by atoms with Gasteiger partial charge in [0.25, 0.3) is 5.91 Å². The van der Waals surface area contributed by atoms with Gasteiger partial charge < -0.3 is 14.5 Å². The first-order valence-electron chi connectivity index (χ1n) is 9.34. The molecule has 7 nitrogen and oxygen atoms in total. The molecule has 2 amide bonds. The van der Waals surface area contributed by atoms with Crippen molar-refractivity contribution in [2.45, 2.75) is 25.4 Å². The number of carbonyl (C=O) groups is 2. The van der Waals surface area contributed by atoms with Crippen LogP contribution in [0.2, 0.25) is 0 Å². The molecule has 1 aromatic carbocycles. The summed E-state index contributed by atoms with van der Waals surface area (Å²) in [7, 11) is 0. The second kappa shape index (κ2) is 7.15. The molecule has 1 spiro atoms. The van der Waals surface area contributed by atoms with Gasteiger partial charge >= 0.3 is 0 Å². The smallest absolute Gasteiger partial charge is 0.253 e. The fraction of sp³-hybridized carbons (Fsp3) is 0.450. The first kappa shape index (κ1) is 17.7. The number of amides is 2. The van der Waals surface area contributed by atoms with Gasteiger partial charge in [0.1, 0.15) is 0 Å². The van der Waals surface area contributed by atoms with Gasteiger partial charge in [0, 0.05) is 50.4 Å². The molecule has 0 unspecified atom stereocenters. The van der Waals surface area contributed by atoms with Gasteiger partial charge in [-0.3, -0.25) is 14.7 Å². The third-order valence-corrected chi connectivity index (χ3v) is 5.60. The Balaban J connectivity index is 1.43. The van der Waals surface area contributed by atoms with Crippen molar-refractivity contribution >= 4 is 11.8 Å². The third kappa shape index (κ3) is 3.60. The fourth-order valence-corrected chi connectivity index (χ4v) is 3.96. The normalized spacial score (nSPS) is 19.3. The number of piperidine rings is 1. The van der Waals surface area contributed by atoms with Gasteiger partial charge in [-0.25, -0.2) is 0 Å². The molecule has 0 bridgehead atoms. The Kier molecular flexibility index (Phi) is 4.70. The first-order valence-corrected chi connectivity index (χ1v) is 9.34. The summed E-state index contributed by atoms with van der Waals surface area (Å²) >= 11 is 0. The van der Waals surface area contributed by atoms with Crippen LogP contribution in [0.25, 0.3) is 11.1 Å². The van der Waals surface area contributed by atoms with Crippen molar-refractivity contribution in [2.24, 2.45) is 0 Å². The van der Waals surface area contributed by atoms with Crippen LogP contribution in [-0.4, -0.2) is 70.2 Å². The zero-order valence-corrected chi connectivity index (χ0v) is 15.5. The van der Waals surface area contributed by atoms with E-state index in [2.05, 4.69) is 10.2 Å². The number of rotatable bonds is 2. The van der Waals surface area contributed by atoms with Gasteiger partial charge in [0.2, 0.25) is 5.91 Å². The van der Waals surface area contributed by atoms with Crippen LogP contribution < -0.4 is 0 Å². The number of nitrogens with zero attached hydrogens (tertiary/aromatic N) is 3. The SMILES string of the molecule is CC(=O)N1CCOC2(CCN(C(=O)c3cccc(-c4cn[nH]c4)c3)CC2)C1. The lowest BCUT2D eigenvalue weighted by Crippen LogP contribution is -2.58. The van der Waals surface area contributed by atoms with Crippen molar-refractivity contribution in [3.05, 3.63) is 42.2 Å². The number of aromatic nitrogens is 2. The molecule has 3 heterocycles. The Bertz CT molecular complexity index is 826. The molecule has 2 aliphatic heterocycles. The summed E-state index contributed by atoms with van der Waals surface area (Å²) in [5, 5.41) is 6.76. The lowest BCUT2D eigenvalue weighted by Gasteiger charge is -2.47. The van der Waals surface area contributed by atoms with Crippen LogP contribution in [0.15, 0.2) is 36.7 Å². The minimum atomic E-state index is -0.306. The van der Waals surface area contributed by atoms with Gasteiger partial charge in [-0.15, -0.1) is 0 Å². The average molecular weight is 368 g/mol. The highest BCUT2D eigenvalue weighted by atomic mass is 16.5. The molecular weight excluding hydrogens is 344 g/mol. The zero-order valence-electron chi connectivity index (χ0n) is 15.5. The van der Waals surface area contributed by atoms with E-state index in [1.54, 1.807) is 13.1 Å². The number of benzene rings is 1. The number of carbonyl (C=O) groups excluding carboxylic acids is 2. The molecule has 27 heavy (non-hydrogen) atoms. The van der Waals surface area contributed by atoms with E-state index in [4.69, 9.17) is 4.74 Å². The van der Waals surface area contributed by atoms with E-state index < -0.39 is 0 Å². The van der Waals surface area contributed by atoms with Gasteiger partial charge in [-0.05, 0) is 30.5 Å². The van der Waals surface area contributed by atoms with Crippen molar-refractivity contribution in [3.63, 3.8) is 0 Å². The highest BCUT2D eigenvalue weighted by Gasteiger charge is 2.41. The second-order valence-corrected chi connectivity index (χ2v) is 7.33.